The molecular formula is C31H27NO6. The Hall–Kier alpha value is -4.26. The van der Waals surface area contributed by atoms with E-state index < -0.39 is 23.7 Å². The minimum Gasteiger partial charge on any atom is -0.508 e. The van der Waals surface area contributed by atoms with E-state index in [1.54, 1.807) is 13.0 Å². The molecule has 0 spiro atoms. The van der Waals surface area contributed by atoms with Gasteiger partial charge in [0.1, 0.15) is 11.5 Å². The van der Waals surface area contributed by atoms with E-state index in [1.165, 1.54) is 30.2 Å². The number of fused-ring (bicyclic) bond motifs is 3. The fraction of sp³-hybridized carbons (Fsp3) is 0.290. The van der Waals surface area contributed by atoms with Crippen LogP contribution < -0.4 is 4.74 Å². The van der Waals surface area contributed by atoms with Gasteiger partial charge in [-0.25, -0.2) is 0 Å². The molecule has 0 radical (unpaired) electrons. The number of amides is 2. The summed E-state index contributed by atoms with van der Waals surface area (Å²) >= 11 is 0. The highest BCUT2D eigenvalue weighted by atomic mass is 16.5. The van der Waals surface area contributed by atoms with E-state index in [2.05, 4.69) is 0 Å². The molecule has 6 rings (SSSR count). The number of hydrogen-bond donors (Lipinski definition) is 1. The second-order valence-corrected chi connectivity index (χ2v) is 10.4. The molecule has 7 nitrogen and oxygen atoms in total. The zero-order valence-corrected chi connectivity index (χ0v) is 21.1. The van der Waals surface area contributed by atoms with Crippen molar-refractivity contribution in [2.24, 2.45) is 17.8 Å². The van der Waals surface area contributed by atoms with E-state index in [1.807, 2.05) is 36.4 Å². The van der Waals surface area contributed by atoms with Crippen molar-refractivity contribution < 1.29 is 29.0 Å². The first-order valence-electron chi connectivity index (χ1n) is 12.8. The quantitative estimate of drug-likeness (QED) is 0.380. The SMILES string of the molecule is COc1cc(O)ccc1C1C2=CCC3C(=O)N(Cc4ccccc4)C(=O)C3C2CC2=C1C(=O)C(C)=CC2=O. The summed E-state index contributed by atoms with van der Waals surface area (Å²) in [6, 6.07) is 14.1. The Bertz CT molecular complexity index is 1500. The number of phenols is 1. The van der Waals surface area contributed by atoms with Crippen LogP contribution in [0.4, 0.5) is 0 Å². The predicted octanol–water partition coefficient (Wildman–Crippen LogP) is 4.03. The van der Waals surface area contributed by atoms with E-state index in [9.17, 15) is 24.3 Å². The van der Waals surface area contributed by atoms with E-state index in [-0.39, 0.29) is 42.1 Å². The number of aromatic hydroxyl groups is 1. The van der Waals surface area contributed by atoms with Crippen molar-refractivity contribution in [3.8, 4) is 11.5 Å². The molecule has 1 saturated heterocycles. The van der Waals surface area contributed by atoms with Gasteiger partial charge in [-0.15, -0.1) is 0 Å². The first-order chi connectivity index (χ1) is 18.3. The van der Waals surface area contributed by atoms with Gasteiger partial charge in [-0.2, -0.15) is 0 Å². The van der Waals surface area contributed by atoms with Crippen LogP contribution in [0.15, 0.2) is 83.0 Å². The molecule has 1 aliphatic heterocycles. The standard InChI is InChI=1S/C31H27NO6/c1-16-12-24(34)23-14-22-19(26(28(23)29(16)35)20-9-8-18(33)13-25(20)38-2)10-11-21-27(22)31(37)32(30(21)36)15-17-6-4-3-5-7-17/h3-10,12-13,21-22,26-27,33H,11,14-15H2,1-2H3. The van der Waals surface area contributed by atoms with Crippen molar-refractivity contribution in [3.05, 3.63) is 94.1 Å². The summed E-state index contributed by atoms with van der Waals surface area (Å²) in [7, 11) is 1.48. The monoisotopic (exact) mass is 509 g/mol. The smallest absolute Gasteiger partial charge is 0.234 e. The van der Waals surface area contributed by atoms with Gasteiger partial charge in [-0.1, -0.05) is 48.0 Å². The number of allylic oxidation sites excluding steroid dienone is 6. The van der Waals surface area contributed by atoms with Crippen LogP contribution in [0.3, 0.4) is 0 Å². The van der Waals surface area contributed by atoms with E-state index in [0.29, 0.717) is 34.5 Å². The van der Waals surface area contributed by atoms with Crippen LogP contribution in [0.25, 0.3) is 0 Å². The third-order valence-electron chi connectivity index (χ3n) is 8.37. The maximum absolute atomic E-state index is 13.8. The third-order valence-corrected chi connectivity index (χ3v) is 8.37. The Balaban J connectivity index is 1.47. The summed E-state index contributed by atoms with van der Waals surface area (Å²) in [5.41, 5.74) is 3.53. The molecule has 192 valence electrons. The van der Waals surface area contributed by atoms with Crippen LogP contribution in [-0.4, -0.2) is 40.5 Å². The molecule has 0 bridgehead atoms. The van der Waals surface area contributed by atoms with E-state index >= 15 is 0 Å². The molecule has 7 heteroatoms. The molecular weight excluding hydrogens is 482 g/mol. The van der Waals surface area contributed by atoms with Crippen LogP contribution in [0.1, 0.15) is 36.8 Å². The summed E-state index contributed by atoms with van der Waals surface area (Å²) in [4.78, 5) is 55.4. The number of carbonyl (C=O) groups is 4. The molecule has 2 aromatic rings. The highest BCUT2D eigenvalue weighted by Crippen LogP contribution is 2.56. The van der Waals surface area contributed by atoms with Gasteiger partial charge >= 0.3 is 0 Å². The molecule has 3 aliphatic carbocycles. The maximum Gasteiger partial charge on any atom is 0.234 e. The average molecular weight is 510 g/mol. The second kappa shape index (κ2) is 8.94. The number of methoxy groups -OCH3 is 1. The molecule has 4 aliphatic rings. The number of likely N-dealkylation sites (tertiary alicyclic amines) is 1. The summed E-state index contributed by atoms with van der Waals surface area (Å²) in [6.45, 7) is 1.84. The Morgan fingerprint density at radius 3 is 2.50 bits per heavy atom. The van der Waals surface area contributed by atoms with Crippen molar-refractivity contribution in [2.75, 3.05) is 7.11 Å². The molecule has 2 amide bonds. The largest absolute Gasteiger partial charge is 0.508 e. The molecule has 4 atom stereocenters. The highest BCUT2D eigenvalue weighted by molar-refractivity contribution is 6.24. The topological polar surface area (TPSA) is 101 Å². The average Bonchev–Trinajstić information content (AvgIpc) is 3.16. The van der Waals surface area contributed by atoms with Crippen LogP contribution in [0, 0.1) is 17.8 Å². The van der Waals surface area contributed by atoms with Crippen LogP contribution in [0.2, 0.25) is 0 Å². The number of hydrogen-bond acceptors (Lipinski definition) is 6. The zero-order valence-electron chi connectivity index (χ0n) is 21.1. The number of benzene rings is 2. The van der Waals surface area contributed by atoms with Gasteiger partial charge in [-0.3, -0.25) is 24.1 Å². The summed E-state index contributed by atoms with van der Waals surface area (Å²) in [6.07, 6.45) is 3.95. The molecule has 38 heavy (non-hydrogen) atoms. The number of imide groups is 1. The number of Topliss-reactive ketones (excluding diaryl/α,β-unsaturated/α-hetero) is 1. The number of ether oxygens (including phenoxy) is 1. The molecule has 2 aromatic carbocycles. The fourth-order valence-electron chi connectivity index (χ4n) is 6.64. The lowest BCUT2D eigenvalue weighted by atomic mass is 9.59. The number of nitrogens with zero attached hydrogens (tertiary/aromatic N) is 1. The number of rotatable bonds is 4. The summed E-state index contributed by atoms with van der Waals surface area (Å²) in [5.74, 6) is -2.61. The number of ketones is 2. The van der Waals surface area contributed by atoms with Crippen LogP contribution >= 0.6 is 0 Å². The minimum absolute atomic E-state index is 0.0140. The van der Waals surface area contributed by atoms with Gasteiger partial charge in [-0.05, 0) is 43.4 Å². The lowest BCUT2D eigenvalue weighted by Gasteiger charge is -2.42. The van der Waals surface area contributed by atoms with Gasteiger partial charge in [0.05, 0.1) is 25.5 Å². The van der Waals surface area contributed by atoms with Crippen molar-refractivity contribution >= 4 is 23.4 Å². The molecule has 0 aromatic heterocycles. The Morgan fingerprint density at radius 1 is 1.00 bits per heavy atom. The minimum atomic E-state index is -0.619. The first kappa shape index (κ1) is 24.1. The molecule has 0 saturated carbocycles. The lowest BCUT2D eigenvalue weighted by Crippen LogP contribution is -2.39. The third kappa shape index (κ3) is 3.56. The lowest BCUT2D eigenvalue weighted by molar-refractivity contribution is -0.140. The molecule has 1 fully saturated rings. The van der Waals surface area contributed by atoms with Gasteiger partial charge in [0, 0.05) is 34.3 Å². The van der Waals surface area contributed by atoms with Gasteiger partial charge in [0.15, 0.2) is 11.6 Å². The number of phenolic OH excluding ortho intramolecular Hbond substituents is 1. The summed E-state index contributed by atoms with van der Waals surface area (Å²) < 4.78 is 5.59. The van der Waals surface area contributed by atoms with Crippen molar-refractivity contribution in [1.82, 2.24) is 4.90 Å². The van der Waals surface area contributed by atoms with Gasteiger partial charge in [0.2, 0.25) is 11.8 Å². The zero-order chi connectivity index (χ0) is 26.7. The maximum atomic E-state index is 13.8. The fourth-order valence-corrected chi connectivity index (χ4v) is 6.64. The van der Waals surface area contributed by atoms with Crippen molar-refractivity contribution in [3.63, 3.8) is 0 Å². The second-order valence-electron chi connectivity index (χ2n) is 10.4. The molecule has 1 heterocycles. The predicted molar refractivity (Wildman–Crippen MR) is 138 cm³/mol. The Morgan fingerprint density at radius 2 is 1.76 bits per heavy atom. The Labute approximate surface area is 220 Å². The van der Waals surface area contributed by atoms with Crippen molar-refractivity contribution in [2.45, 2.75) is 32.2 Å². The Kier molecular flexibility index (Phi) is 5.67. The van der Waals surface area contributed by atoms with Gasteiger partial charge < -0.3 is 9.84 Å². The number of carbonyl (C=O) groups excluding carboxylic acids is 4. The summed E-state index contributed by atoms with van der Waals surface area (Å²) in [5, 5.41) is 10.1. The first-order valence-corrected chi connectivity index (χ1v) is 12.8. The van der Waals surface area contributed by atoms with Crippen molar-refractivity contribution in [1.29, 1.82) is 0 Å². The van der Waals surface area contributed by atoms with Crippen LogP contribution in [0.5, 0.6) is 11.5 Å². The van der Waals surface area contributed by atoms with E-state index in [0.717, 1.165) is 11.1 Å². The van der Waals surface area contributed by atoms with E-state index in [4.69, 9.17) is 4.74 Å². The highest BCUT2D eigenvalue weighted by Gasteiger charge is 2.56. The normalized spacial score (nSPS) is 26.5. The molecule has 1 N–H and O–H groups in total. The molecule has 4 unspecified atom stereocenters. The van der Waals surface area contributed by atoms with Gasteiger partial charge in [0.25, 0.3) is 0 Å². The van der Waals surface area contributed by atoms with Crippen LogP contribution in [-0.2, 0) is 25.7 Å².